The van der Waals surface area contributed by atoms with Crippen LogP contribution in [0, 0.1) is 6.92 Å². The summed E-state index contributed by atoms with van der Waals surface area (Å²) in [6.45, 7) is 3.91. The molecule has 0 radical (unpaired) electrons. The molecule has 0 saturated heterocycles. The zero-order valence-electron chi connectivity index (χ0n) is 13.9. The molecular weight excluding hydrogens is 356 g/mol. The molecule has 130 valence electrons. The highest BCUT2D eigenvalue weighted by molar-refractivity contribution is 7.99. The van der Waals surface area contributed by atoms with E-state index in [1.165, 1.54) is 11.8 Å². The molecule has 0 saturated carbocycles. The Morgan fingerprint density at radius 2 is 2.12 bits per heavy atom. The SMILES string of the molecule is Cc1nc(Cc2nnc(SCC(=O)N[C@H](C)c3ccccc3)o2)cs1. The van der Waals surface area contributed by atoms with Gasteiger partial charge in [0, 0.05) is 5.38 Å². The molecule has 25 heavy (non-hydrogen) atoms. The van der Waals surface area contributed by atoms with Gasteiger partial charge in [0.1, 0.15) is 0 Å². The predicted octanol–water partition coefficient (Wildman–Crippen LogP) is 3.39. The van der Waals surface area contributed by atoms with Gasteiger partial charge in [0.05, 0.1) is 28.9 Å². The summed E-state index contributed by atoms with van der Waals surface area (Å²) in [6, 6.07) is 9.80. The monoisotopic (exact) mass is 374 g/mol. The molecule has 3 rings (SSSR count). The van der Waals surface area contributed by atoms with Gasteiger partial charge in [-0.3, -0.25) is 4.79 Å². The molecule has 0 aliphatic rings. The highest BCUT2D eigenvalue weighted by Gasteiger charge is 2.13. The van der Waals surface area contributed by atoms with Crippen molar-refractivity contribution in [3.8, 4) is 0 Å². The summed E-state index contributed by atoms with van der Waals surface area (Å²) < 4.78 is 5.56. The van der Waals surface area contributed by atoms with Crippen molar-refractivity contribution < 1.29 is 9.21 Å². The van der Waals surface area contributed by atoms with Gasteiger partial charge >= 0.3 is 0 Å². The first-order valence-corrected chi connectivity index (χ1v) is 9.67. The van der Waals surface area contributed by atoms with Crippen LogP contribution in [0.5, 0.6) is 0 Å². The fourth-order valence-electron chi connectivity index (χ4n) is 2.25. The highest BCUT2D eigenvalue weighted by Crippen LogP contribution is 2.19. The Labute approximate surface area is 154 Å². The molecule has 3 aromatic rings. The van der Waals surface area contributed by atoms with Crippen LogP contribution in [0.3, 0.4) is 0 Å². The van der Waals surface area contributed by atoms with Crippen LogP contribution in [0.4, 0.5) is 0 Å². The molecule has 1 aromatic carbocycles. The second kappa shape index (κ2) is 8.26. The average Bonchev–Trinajstić information content (AvgIpc) is 3.23. The van der Waals surface area contributed by atoms with Gasteiger partial charge in [-0.15, -0.1) is 21.5 Å². The molecular formula is C17H18N4O2S2. The molecule has 8 heteroatoms. The lowest BCUT2D eigenvalue weighted by molar-refractivity contribution is -0.119. The third-order valence-electron chi connectivity index (χ3n) is 3.45. The number of amides is 1. The summed E-state index contributed by atoms with van der Waals surface area (Å²) >= 11 is 2.82. The van der Waals surface area contributed by atoms with E-state index in [1.54, 1.807) is 11.3 Å². The van der Waals surface area contributed by atoms with Gasteiger partial charge in [0.15, 0.2) is 0 Å². The number of hydrogen-bond acceptors (Lipinski definition) is 7. The first-order chi connectivity index (χ1) is 12.1. The fourth-order valence-corrected chi connectivity index (χ4v) is 3.45. The maximum Gasteiger partial charge on any atom is 0.277 e. The Morgan fingerprint density at radius 3 is 2.84 bits per heavy atom. The maximum absolute atomic E-state index is 12.1. The molecule has 0 aliphatic carbocycles. The minimum absolute atomic E-state index is 0.0412. The lowest BCUT2D eigenvalue weighted by Gasteiger charge is -2.13. The molecule has 2 heterocycles. The topological polar surface area (TPSA) is 80.9 Å². The van der Waals surface area contributed by atoms with Crippen molar-refractivity contribution in [2.24, 2.45) is 0 Å². The zero-order chi connectivity index (χ0) is 17.6. The van der Waals surface area contributed by atoms with E-state index < -0.39 is 0 Å². The van der Waals surface area contributed by atoms with Crippen molar-refractivity contribution in [1.82, 2.24) is 20.5 Å². The van der Waals surface area contributed by atoms with E-state index in [-0.39, 0.29) is 17.7 Å². The number of thiazole rings is 1. The van der Waals surface area contributed by atoms with Crippen LogP contribution in [0.2, 0.25) is 0 Å². The standard InChI is InChI=1S/C17H18N4O2S2/c1-11(13-6-4-3-5-7-13)18-15(22)10-25-17-21-20-16(23-17)8-14-9-24-12(2)19-14/h3-7,9,11H,8,10H2,1-2H3,(H,18,22)/t11-/m1/s1. The Hall–Kier alpha value is -2.19. The van der Waals surface area contributed by atoms with Gasteiger partial charge in [-0.05, 0) is 19.4 Å². The zero-order valence-corrected chi connectivity index (χ0v) is 15.6. The van der Waals surface area contributed by atoms with Crippen molar-refractivity contribution in [3.63, 3.8) is 0 Å². The van der Waals surface area contributed by atoms with Crippen molar-refractivity contribution in [1.29, 1.82) is 0 Å². The lowest BCUT2D eigenvalue weighted by Crippen LogP contribution is -2.28. The van der Waals surface area contributed by atoms with E-state index in [2.05, 4.69) is 20.5 Å². The normalized spacial score (nSPS) is 12.1. The van der Waals surface area contributed by atoms with Gasteiger partial charge in [-0.25, -0.2) is 4.98 Å². The van der Waals surface area contributed by atoms with Crippen molar-refractivity contribution >= 4 is 29.0 Å². The number of rotatable bonds is 7. The van der Waals surface area contributed by atoms with Crippen LogP contribution < -0.4 is 5.32 Å². The minimum atomic E-state index is -0.0729. The van der Waals surface area contributed by atoms with E-state index >= 15 is 0 Å². The Kier molecular flexibility index (Phi) is 5.83. The van der Waals surface area contributed by atoms with E-state index in [0.29, 0.717) is 17.5 Å². The predicted molar refractivity (Wildman–Crippen MR) is 97.7 cm³/mol. The first-order valence-electron chi connectivity index (χ1n) is 7.80. The van der Waals surface area contributed by atoms with Gasteiger partial charge in [-0.1, -0.05) is 42.1 Å². The number of nitrogens with one attached hydrogen (secondary N) is 1. The third kappa shape index (κ3) is 5.14. The van der Waals surface area contributed by atoms with Crippen LogP contribution in [-0.2, 0) is 11.2 Å². The lowest BCUT2D eigenvalue weighted by atomic mass is 10.1. The number of carbonyl (C=O) groups excluding carboxylic acids is 1. The van der Waals surface area contributed by atoms with Gasteiger partial charge < -0.3 is 9.73 Å². The van der Waals surface area contributed by atoms with E-state index in [4.69, 9.17) is 4.42 Å². The first kappa shape index (κ1) is 17.6. The number of aryl methyl sites for hydroxylation is 1. The number of thioether (sulfide) groups is 1. The van der Waals surface area contributed by atoms with Crippen LogP contribution in [-0.4, -0.2) is 26.8 Å². The molecule has 0 unspecified atom stereocenters. The van der Waals surface area contributed by atoms with Gasteiger partial charge in [-0.2, -0.15) is 0 Å². The van der Waals surface area contributed by atoms with Crippen molar-refractivity contribution in [2.75, 3.05) is 5.75 Å². The Morgan fingerprint density at radius 1 is 1.32 bits per heavy atom. The van der Waals surface area contributed by atoms with Crippen molar-refractivity contribution in [2.45, 2.75) is 31.5 Å². The molecule has 1 amide bonds. The van der Waals surface area contributed by atoms with Gasteiger partial charge in [0.2, 0.25) is 11.8 Å². The summed E-state index contributed by atoms with van der Waals surface area (Å²) in [4.78, 5) is 16.4. The number of nitrogens with zero attached hydrogens (tertiary/aromatic N) is 3. The average molecular weight is 374 g/mol. The quantitative estimate of drug-likeness (QED) is 0.639. The van der Waals surface area contributed by atoms with E-state index in [0.717, 1.165) is 16.3 Å². The minimum Gasteiger partial charge on any atom is -0.416 e. The van der Waals surface area contributed by atoms with Crippen LogP contribution in [0.1, 0.15) is 35.1 Å². The molecule has 0 bridgehead atoms. The van der Waals surface area contributed by atoms with Gasteiger partial charge in [0.25, 0.3) is 5.22 Å². The number of hydrogen-bond donors (Lipinski definition) is 1. The molecule has 0 fully saturated rings. The largest absolute Gasteiger partial charge is 0.416 e. The summed E-state index contributed by atoms with van der Waals surface area (Å²) in [5.74, 6) is 0.663. The molecule has 1 atom stereocenters. The smallest absolute Gasteiger partial charge is 0.277 e. The van der Waals surface area contributed by atoms with Crippen LogP contribution >= 0.6 is 23.1 Å². The summed E-state index contributed by atoms with van der Waals surface area (Å²) in [6.07, 6.45) is 0.509. The molecule has 1 N–H and O–H groups in total. The second-order valence-electron chi connectivity index (χ2n) is 5.48. The van der Waals surface area contributed by atoms with Crippen LogP contribution in [0.25, 0.3) is 0 Å². The molecule has 0 spiro atoms. The van der Waals surface area contributed by atoms with Crippen LogP contribution in [0.15, 0.2) is 45.4 Å². The third-order valence-corrected chi connectivity index (χ3v) is 5.09. The highest BCUT2D eigenvalue weighted by atomic mass is 32.2. The Bertz CT molecular complexity index is 832. The maximum atomic E-state index is 12.1. The molecule has 0 aliphatic heterocycles. The number of carbonyl (C=O) groups is 1. The fraction of sp³-hybridized carbons (Fsp3) is 0.294. The molecule has 2 aromatic heterocycles. The van der Waals surface area contributed by atoms with E-state index in [9.17, 15) is 4.79 Å². The summed E-state index contributed by atoms with van der Waals surface area (Å²) in [5, 5.41) is 14.3. The molecule has 6 nitrogen and oxygen atoms in total. The second-order valence-corrected chi connectivity index (χ2v) is 7.47. The summed E-state index contributed by atoms with van der Waals surface area (Å²) in [7, 11) is 0. The van der Waals surface area contributed by atoms with E-state index in [1.807, 2.05) is 49.6 Å². The number of aromatic nitrogens is 3. The Balaban J connectivity index is 1.47. The van der Waals surface area contributed by atoms with Crippen molar-refractivity contribution in [3.05, 3.63) is 57.9 Å². The summed E-state index contributed by atoms with van der Waals surface area (Å²) in [5.41, 5.74) is 1.98. The number of benzene rings is 1.